The van der Waals surface area contributed by atoms with E-state index in [0.29, 0.717) is 0 Å². The SMILES string of the molecule is O=C(NC[C@@H](C(=O)Nc1ccc(N2CCOCC2=O)cc1F)N(CC(F)F)CC(F)(F)F)c1ccc(Cl)s1. The van der Waals surface area contributed by atoms with E-state index in [1.54, 1.807) is 0 Å². The molecular weight excluding hydrogens is 566 g/mol. The van der Waals surface area contributed by atoms with Gasteiger partial charge in [0.1, 0.15) is 18.5 Å². The van der Waals surface area contributed by atoms with Crippen LogP contribution in [0.3, 0.4) is 0 Å². The van der Waals surface area contributed by atoms with Gasteiger partial charge < -0.3 is 20.3 Å². The molecule has 0 unspecified atom stereocenters. The van der Waals surface area contributed by atoms with Gasteiger partial charge >= 0.3 is 6.18 Å². The highest BCUT2D eigenvalue weighted by molar-refractivity contribution is 7.18. The molecule has 2 aromatic rings. The number of ether oxygens (including phenoxy) is 1. The zero-order valence-corrected chi connectivity index (χ0v) is 20.9. The number of benzene rings is 1. The van der Waals surface area contributed by atoms with Crippen molar-refractivity contribution < 1.29 is 45.5 Å². The Balaban J connectivity index is 1.82. The fourth-order valence-corrected chi connectivity index (χ4v) is 4.55. The van der Waals surface area contributed by atoms with E-state index in [-0.39, 0.29) is 39.6 Å². The van der Waals surface area contributed by atoms with Gasteiger partial charge in [0, 0.05) is 18.8 Å². The molecule has 1 aromatic carbocycles. The fourth-order valence-electron chi connectivity index (χ4n) is 3.59. The van der Waals surface area contributed by atoms with Crippen LogP contribution in [-0.2, 0) is 14.3 Å². The normalized spacial score (nSPS) is 15.2. The molecule has 2 N–H and O–H groups in total. The molecule has 1 aliphatic heterocycles. The summed E-state index contributed by atoms with van der Waals surface area (Å²) in [7, 11) is 0. The van der Waals surface area contributed by atoms with Gasteiger partial charge in [0.2, 0.25) is 5.91 Å². The molecule has 1 fully saturated rings. The van der Waals surface area contributed by atoms with E-state index >= 15 is 0 Å². The molecule has 1 aromatic heterocycles. The van der Waals surface area contributed by atoms with Crippen molar-refractivity contribution in [2.24, 2.45) is 0 Å². The maximum atomic E-state index is 14.8. The van der Waals surface area contributed by atoms with E-state index in [9.17, 15) is 40.7 Å². The first-order valence-corrected chi connectivity index (χ1v) is 12.1. The van der Waals surface area contributed by atoms with Crippen LogP contribution in [0, 0.1) is 5.82 Å². The number of nitrogens with zero attached hydrogens (tertiary/aromatic N) is 2. The summed E-state index contributed by atoms with van der Waals surface area (Å²) < 4.78 is 85.9. The Labute approximate surface area is 221 Å². The number of nitrogens with one attached hydrogen (secondary N) is 2. The zero-order valence-electron chi connectivity index (χ0n) is 19.4. The predicted molar refractivity (Wildman–Crippen MR) is 127 cm³/mol. The van der Waals surface area contributed by atoms with E-state index < -0.39 is 67.5 Å². The number of carbonyl (C=O) groups is 3. The summed E-state index contributed by atoms with van der Waals surface area (Å²) in [6, 6.07) is 4.09. The van der Waals surface area contributed by atoms with Crippen molar-refractivity contribution >= 4 is 52.0 Å². The second kappa shape index (κ2) is 12.8. The molecule has 2 heterocycles. The minimum Gasteiger partial charge on any atom is -0.370 e. The van der Waals surface area contributed by atoms with Gasteiger partial charge in [-0.05, 0) is 30.3 Å². The van der Waals surface area contributed by atoms with Gasteiger partial charge in [-0.3, -0.25) is 19.3 Å². The highest BCUT2D eigenvalue weighted by Crippen LogP contribution is 2.25. The standard InChI is InChI=1S/C22H21ClF6N4O4S/c23-17-4-3-16(38-17)21(36)30-8-15(32(9-18(25)26)11-22(27,28)29)20(35)31-14-2-1-12(7-13(14)24)33-5-6-37-10-19(33)34/h1-4,7,15,18H,5-6,8-11H2,(H,30,36)(H,31,35)/t15-/m0/s1. The van der Waals surface area contributed by atoms with E-state index in [0.717, 1.165) is 23.5 Å². The van der Waals surface area contributed by atoms with Gasteiger partial charge in [-0.15, -0.1) is 11.3 Å². The summed E-state index contributed by atoms with van der Waals surface area (Å²) in [5, 5.41) is 4.33. The summed E-state index contributed by atoms with van der Waals surface area (Å²) in [6.45, 7) is -3.97. The summed E-state index contributed by atoms with van der Waals surface area (Å²) in [6.07, 6.45) is -8.21. The molecule has 16 heteroatoms. The van der Waals surface area contributed by atoms with Crippen molar-refractivity contribution in [3.8, 4) is 0 Å². The number of halogens is 7. The summed E-state index contributed by atoms with van der Waals surface area (Å²) >= 11 is 6.62. The van der Waals surface area contributed by atoms with Crippen molar-refractivity contribution in [1.82, 2.24) is 10.2 Å². The number of morpholine rings is 1. The number of rotatable bonds is 10. The van der Waals surface area contributed by atoms with Crippen LogP contribution < -0.4 is 15.5 Å². The number of hydrogen-bond acceptors (Lipinski definition) is 6. The van der Waals surface area contributed by atoms with Crippen LogP contribution in [0.2, 0.25) is 4.34 Å². The van der Waals surface area contributed by atoms with Gasteiger partial charge in [0.05, 0.1) is 34.6 Å². The molecule has 3 rings (SSSR count). The first-order chi connectivity index (χ1) is 17.8. The average molecular weight is 587 g/mol. The van der Waals surface area contributed by atoms with Crippen molar-refractivity contribution in [2.75, 3.05) is 49.6 Å². The van der Waals surface area contributed by atoms with Gasteiger partial charge in [-0.1, -0.05) is 11.6 Å². The molecule has 1 atom stereocenters. The Hall–Kier alpha value is -2.88. The summed E-state index contributed by atoms with van der Waals surface area (Å²) in [4.78, 5) is 38.8. The van der Waals surface area contributed by atoms with Crippen LogP contribution in [0.1, 0.15) is 9.67 Å². The number of anilines is 2. The van der Waals surface area contributed by atoms with E-state index in [2.05, 4.69) is 10.6 Å². The smallest absolute Gasteiger partial charge is 0.370 e. The Bertz CT molecular complexity index is 1170. The van der Waals surface area contributed by atoms with Crippen LogP contribution in [0.4, 0.5) is 37.7 Å². The topological polar surface area (TPSA) is 91.0 Å². The molecule has 0 saturated carbocycles. The van der Waals surface area contributed by atoms with Crippen LogP contribution in [0.25, 0.3) is 0 Å². The monoisotopic (exact) mass is 586 g/mol. The van der Waals surface area contributed by atoms with Gasteiger partial charge in [-0.2, -0.15) is 13.2 Å². The van der Waals surface area contributed by atoms with Crippen molar-refractivity contribution in [1.29, 1.82) is 0 Å². The molecule has 3 amide bonds. The van der Waals surface area contributed by atoms with E-state index in [1.165, 1.54) is 23.1 Å². The molecular formula is C22H21ClF6N4O4S. The lowest BCUT2D eigenvalue weighted by molar-refractivity contribution is -0.157. The summed E-state index contributed by atoms with van der Waals surface area (Å²) in [5.41, 5.74) is -0.312. The van der Waals surface area contributed by atoms with E-state index in [1.807, 2.05) is 0 Å². The maximum absolute atomic E-state index is 14.8. The minimum atomic E-state index is -4.96. The number of thiophene rings is 1. The minimum absolute atomic E-state index is 0.0738. The third-order valence-electron chi connectivity index (χ3n) is 5.26. The van der Waals surface area contributed by atoms with Gasteiger partial charge in [0.25, 0.3) is 18.2 Å². The second-order valence-corrected chi connectivity index (χ2v) is 9.73. The Morgan fingerprint density at radius 1 is 1.21 bits per heavy atom. The Morgan fingerprint density at radius 3 is 2.53 bits per heavy atom. The van der Waals surface area contributed by atoms with Crippen LogP contribution >= 0.6 is 22.9 Å². The number of carbonyl (C=O) groups excluding carboxylic acids is 3. The van der Waals surface area contributed by atoms with Gasteiger partial charge in [-0.25, -0.2) is 13.2 Å². The fraction of sp³-hybridized carbons (Fsp3) is 0.409. The van der Waals surface area contributed by atoms with Crippen molar-refractivity contribution in [3.63, 3.8) is 0 Å². The maximum Gasteiger partial charge on any atom is 0.401 e. The third kappa shape index (κ3) is 8.31. The van der Waals surface area contributed by atoms with Crippen molar-refractivity contribution in [2.45, 2.75) is 18.6 Å². The molecule has 8 nitrogen and oxygen atoms in total. The number of amides is 3. The highest BCUT2D eigenvalue weighted by atomic mass is 35.5. The predicted octanol–water partition coefficient (Wildman–Crippen LogP) is 3.77. The van der Waals surface area contributed by atoms with E-state index in [4.69, 9.17) is 16.3 Å². The molecule has 0 aliphatic carbocycles. The first kappa shape index (κ1) is 29.7. The molecule has 1 aliphatic rings. The summed E-state index contributed by atoms with van der Waals surface area (Å²) in [5.74, 6) is -3.52. The van der Waals surface area contributed by atoms with Crippen molar-refractivity contribution in [3.05, 3.63) is 45.4 Å². The van der Waals surface area contributed by atoms with Crippen LogP contribution in [0.5, 0.6) is 0 Å². The lowest BCUT2D eigenvalue weighted by atomic mass is 10.2. The number of alkyl halides is 5. The molecule has 0 spiro atoms. The zero-order chi connectivity index (χ0) is 28.0. The molecule has 0 bridgehead atoms. The Kier molecular flexibility index (Phi) is 9.98. The number of hydrogen-bond donors (Lipinski definition) is 2. The quantitative estimate of drug-likeness (QED) is 0.414. The van der Waals surface area contributed by atoms with Crippen LogP contribution in [0.15, 0.2) is 30.3 Å². The molecule has 0 radical (unpaired) electrons. The average Bonchev–Trinajstić information content (AvgIpc) is 3.25. The Morgan fingerprint density at radius 2 is 1.95 bits per heavy atom. The first-order valence-electron chi connectivity index (χ1n) is 10.9. The molecule has 208 valence electrons. The molecule has 1 saturated heterocycles. The third-order valence-corrected chi connectivity index (χ3v) is 6.49. The van der Waals surface area contributed by atoms with Gasteiger partial charge in [0.15, 0.2) is 0 Å². The molecule has 38 heavy (non-hydrogen) atoms. The second-order valence-electron chi connectivity index (χ2n) is 8.02. The highest BCUT2D eigenvalue weighted by Gasteiger charge is 2.38. The lowest BCUT2D eigenvalue weighted by Gasteiger charge is -2.31. The van der Waals surface area contributed by atoms with Crippen LogP contribution in [-0.4, -0.2) is 80.7 Å². The largest absolute Gasteiger partial charge is 0.401 e. The lowest BCUT2D eigenvalue weighted by Crippen LogP contribution is -2.54.